The lowest BCUT2D eigenvalue weighted by molar-refractivity contribution is 0.181. The molecule has 0 aliphatic heterocycles. The monoisotopic (exact) mass is 375 g/mol. The van der Waals surface area contributed by atoms with Gasteiger partial charge < -0.3 is 10.4 Å². The summed E-state index contributed by atoms with van der Waals surface area (Å²) < 4.78 is 27.9. The van der Waals surface area contributed by atoms with E-state index in [0.717, 1.165) is 21.4 Å². The van der Waals surface area contributed by atoms with Crippen LogP contribution in [0.3, 0.4) is 0 Å². The van der Waals surface area contributed by atoms with E-state index in [4.69, 9.17) is 0 Å². The van der Waals surface area contributed by atoms with E-state index in [1.807, 2.05) is 24.3 Å². The number of halogens is 3. The highest BCUT2D eigenvalue weighted by Crippen LogP contribution is 2.22. The molecule has 0 aliphatic carbocycles. The van der Waals surface area contributed by atoms with Crippen molar-refractivity contribution in [1.29, 1.82) is 0 Å². The van der Waals surface area contributed by atoms with Crippen molar-refractivity contribution in [1.82, 2.24) is 0 Å². The molecule has 0 aromatic heterocycles. The SMILES string of the molecule is OC(CNc1ccccc1I)c1c(F)cccc1F. The average Bonchev–Trinajstić information content (AvgIpc) is 2.37. The Balaban J connectivity index is 2.10. The average molecular weight is 375 g/mol. The Labute approximate surface area is 123 Å². The molecular weight excluding hydrogens is 363 g/mol. The molecule has 2 aromatic rings. The Morgan fingerprint density at radius 1 is 1.05 bits per heavy atom. The summed E-state index contributed by atoms with van der Waals surface area (Å²) in [5.41, 5.74) is 0.514. The van der Waals surface area contributed by atoms with E-state index in [9.17, 15) is 13.9 Å². The van der Waals surface area contributed by atoms with E-state index in [1.54, 1.807) is 0 Å². The zero-order chi connectivity index (χ0) is 13.8. The van der Waals surface area contributed by atoms with Crippen LogP contribution in [0.5, 0.6) is 0 Å². The number of para-hydroxylation sites is 1. The van der Waals surface area contributed by atoms with Gasteiger partial charge >= 0.3 is 0 Å². The number of hydrogen-bond acceptors (Lipinski definition) is 2. The van der Waals surface area contributed by atoms with Gasteiger partial charge in [0.1, 0.15) is 17.7 Å². The fourth-order valence-electron chi connectivity index (χ4n) is 1.74. The molecule has 0 saturated heterocycles. The van der Waals surface area contributed by atoms with E-state index in [2.05, 4.69) is 27.9 Å². The Bertz CT molecular complexity index is 557. The lowest BCUT2D eigenvalue weighted by atomic mass is 10.1. The third-order valence-corrected chi connectivity index (χ3v) is 3.63. The van der Waals surface area contributed by atoms with E-state index in [0.29, 0.717) is 0 Å². The first kappa shape index (κ1) is 14.2. The van der Waals surface area contributed by atoms with Crippen molar-refractivity contribution in [2.24, 2.45) is 0 Å². The maximum absolute atomic E-state index is 13.5. The molecule has 0 amide bonds. The predicted molar refractivity (Wildman–Crippen MR) is 79.0 cm³/mol. The maximum Gasteiger partial charge on any atom is 0.132 e. The van der Waals surface area contributed by atoms with Gasteiger partial charge in [0.2, 0.25) is 0 Å². The van der Waals surface area contributed by atoms with Crippen LogP contribution < -0.4 is 5.32 Å². The van der Waals surface area contributed by atoms with Crippen LogP contribution in [-0.4, -0.2) is 11.7 Å². The number of nitrogens with one attached hydrogen (secondary N) is 1. The highest BCUT2D eigenvalue weighted by molar-refractivity contribution is 14.1. The van der Waals surface area contributed by atoms with Crippen LogP contribution in [0.4, 0.5) is 14.5 Å². The minimum absolute atomic E-state index is 0.0396. The first-order chi connectivity index (χ1) is 9.09. The first-order valence-corrected chi connectivity index (χ1v) is 6.78. The number of aliphatic hydroxyl groups is 1. The zero-order valence-corrected chi connectivity index (χ0v) is 12.1. The molecule has 1 unspecified atom stereocenters. The molecular formula is C14H12F2INO. The van der Waals surface area contributed by atoms with Gasteiger partial charge in [0.05, 0.1) is 5.56 Å². The standard InChI is InChI=1S/C14H12F2INO/c15-9-4-3-5-10(16)14(9)13(19)8-18-12-7-2-1-6-11(12)17/h1-7,13,18-19H,8H2. The van der Waals surface area contributed by atoms with Gasteiger partial charge in [-0.3, -0.25) is 0 Å². The molecule has 2 nitrogen and oxygen atoms in total. The molecule has 0 spiro atoms. The first-order valence-electron chi connectivity index (χ1n) is 5.70. The highest BCUT2D eigenvalue weighted by Gasteiger charge is 2.17. The number of aliphatic hydroxyl groups excluding tert-OH is 1. The van der Waals surface area contributed by atoms with Gasteiger partial charge in [-0.25, -0.2) is 8.78 Å². The second-order valence-electron chi connectivity index (χ2n) is 4.01. The Morgan fingerprint density at radius 2 is 1.68 bits per heavy atom. The number of anilines is 1. The predicted octanol–water partition coefficient (Wildman–Crippen LogP) is 3.71. The summed E-state index contributed by atoms with van der Waals surface area (Å²) in [4.78, 5) is 0. The quantitative estimate of drug-likeness (QED) is 0.799. The third-order valence-electron chi connectivity index (χ3n) is 2.69. The van der Waals surface area contributed by atoms with E-state index in [1.165, 1.54) is 6.07 Å². The smallest absolute Gasteiger partial charge is 0.132 e. The fourth-order valence-corrected chi connectivity index (χ4v) is 2.32. The van der Waals surface area contributed by atoms with Crippen LogP contribution in [0.2, 0.25) is 0 Å². The summed E-state index contributed by atoms with van der Waals surface area (Å²) in [6.45, 7) is 0.0396. The molecule has 100 valence electrons. The normalized spacial score (nSPS) is 12.2. The number of hydrogen-bond donors (Lipinski definition) is 2. The van der Waals surface area contributed by atoms with Crippen molar-refractivity contribution < 1.29 is 13.9 Å². The summed E-state index contributed by atoms with van der Waals surface area (Å²) in [5, 5.41) is 12.9. The third kappa shape index (κ3) is 3.42. The fraction of sp³-hybridized carbons (Fsp3) is 0.143. The van der Waals surface area contributed by atoms with Gasteiger partial charge in [-0.05, 0) is 46.9 Å². The van der Waals surface area contributed by atoms with Crippen molar-refractivity contribution in [3.05, 3.63) is 63.2 Å². The molecule has 2 aromatic carbocycles. The maximum atomic E-state index is 13.5. The lowest BCUT2D eigenvalue weighted by Gasteiger charge is -2.15. The van der Waals surface area contributed by atoms with Crippen molar-refractivity contribution in [2.75, 3.05) is 11.9 Å². The molecule has 2 N–H and O–H groups in total. The molecule has 0 aliphatic rings. The Hall–Kier alpha value is -1.21. The number of rotatable bonds is 4. The Kier molecular flexibility index (Phi) is 4.71. The van der Waals surface area contributed by atoms with Crippen LogP contribution in [0.15, 0.2) is 42.5 Å². The van der Waals surface area contributed by atoms with Gasteiger partial charge in [0, 0.05) is 15.8 Å². The molecule has 5 heteroatoms. The van der Waals surface area contributed by atoms with Gasteiger partial charge in [0.25, 0.3) is 0 Å². The van der Waals surface area contributed by atoms with Crippen LogP contribution in [0.1, 0.15) is 11.7 Å². The minimum Gasteiger partial charge on any atom is -0.386 e. The summed E-state index contributed by atoms with van der Waals surface area (Å²) >= 11 is 2.14. The van der Waals surface area contributed by atoms with Crippen LogP contribution in [0, 0.1) is 15.2 Å². The molecule has 0 fully saturated rings. The largest absolute Gasteiger partial charge is 0.386 e. The lowest BCUT2D eigenvalue weighted by Crippen LogP contribution is -2.15. The van der Waals surface area contributed by atoms with Crippen LogP contribution >= 0.6 is 22.6 Å². The van der Waals surface area contributed by atoms with E-state index >= 15 is 0 Å². The molecule has 0 bridgehead atoms. The van der Waals surface area contributed by atoms with Gasteiger partial charge in [0.15, 0.2) is 0 Å². The van der Waals surface area contributed by atoms with E-state index < -0.39 is 17.7 Å². The van der Waals surface area contributed by atoms with Crippen molar-refractivity contribution in [3.8, 4) is 0 Å². The summed E-state index contributed by atoms with van der Waals surface area (Å²) in [6.07, 6.45) is -1.24. The van der Waals surface area contributed by atoms with Gasteiger partial charge in [-0.1, -0.05) is 18.2 Å². The molecule has 0 saturated carbocycles. The van der Waals surface area contributed by atoms with Crippen molar-refractivity contribution in [3.63, 3.8) is 0 Å². The molecule has 0 heterocycles. The molecule has 0 radical (unpaired) electrons. The zero-order valence-electron chi connectivity index (χ0n) is 9.91. The molecule has 1 atom stereocenters. The Morgan fingerprint density at radius 3 is 2.32 bits per heavy atom. The van der Waals surface area contributed by atoms with Crippen LogP contribution in [0.25, 0.3) is 0 Å². The van der Waals surface area contributed by atoms with Crippen LogP contribution in [-0.2, 0) is 0 Å². The van der Waals surface area contributed by atoms with Gasteiger partial charge in [-0.2, -0.15) is 0 Å². The molecule has 2 rings (SSSR count). The molecule has 19 heavy (non-hydrogen) atoms. The van der Waals surface area contributed by atoms with Crippen molar-refractivity contribution in [2.45, 2.75) is 6.10 Å². The summed E-state index contributed by atoms with van der Waals surface area (Å²) in [7, 11) is 0. The summed E-state index contributed by atoms with van der Waals surface area (Å²) in [5.74, 6) is -1.48. The highest BCUT2D eigenvalue weighted by atomic mass is 127. The van der Waals surface area contributed by atoms with Gasteiger partial charge in [-0.15, -0.1) is 0 Å². The second-order valence-corrected chi connectivity index (χ2v) is 5.17. The topological polar surface area (TPSA) is 32.3 Å². The minimum atomic E-state index is -1.24. The number of benzene rings is 2. The summed E-state index contributed by atoms with van der Waals surface area (Å²) in [6, 6.07) is 11.0. The second kappa shape index (κ2) is 6.29. The van der Waals surface area contributed by atoms with E-state index in [-0.39, 0.29) is 12.1 Å². The van der Waals surface area contributed by atoms with Crippen molar-refractivity contribution >= 4 is 28.3 Å².